The lowest BCUT2D eigenvalue weighted by molar-refractivity contribution is -0.140. The molecule has 1 atom stereocenters. The monoisotopic (exact) mass is 568 g/mol. The molecule has 0 spiro atoms. The Bertz CT molecular complexity index is 1420. The second-order valence-electron chi connectivity index (χ2n) is 12.4. The predicted octanol–water partition coefficient (Wildman–Crippen LogP) is 6.81. The van der Waals surface area contributed by atoms with Crippen LogP contribution in [-0.2, 0) is 23.9 Å². The van der Waals surface area contributed by atoms with Crippen molar-refractivity contribution in [3.05, 3.63) is 70.4 Å². The number of rotatable bonds is 5. The molecule has 220 valence electrons. The van der Waals surface area contributed by atoms with Crippen LogP contribution in [0.4, 0.5) is 18.9 Å². The van der Waals surface area contributed by atoms with Gasteiger partial charge in [-0.25, -0.2) is 4.98 Å². The highest BCUT2D eigenvalue weighted by Crippen LogP contribution is 2.40. The molecule has 2 aliphatic rings. The number of benzene rings is 2. The number of carbonyl (C=O) groups excluding carboxylic acids is 1. The van der Waals surface area contributed by atoms with E-state index in [1.807, 2.05) is 18.2 Å². The standard InChI is InChI=1S/C32H39F3N4O2/c1-19(41-31(2,3)4)39-15-14-20-8-9-22(16-23(20)18-39)30(40)37-24-12-10-21(11-13-24)25-6-5-7-27-29(25)26(36)17-28(38-27)32(33,34)35/h5-9,16-17,19,21,24H,10-15,18H2,1-4H3,(H2,36,38)(H,37,40). The summed E-state index contributed by atoms with van der Waals surface area (Å²) in [6.45, 7) is 9.90. The van der Waals surface area contributed by atoms with Gasteiger partial charge in [-0.2, -0.15) is 13.2 Å². The molecule has 9 heteroatoms. The number of nitrogens with two attached hydrogens (primary N) is 1. The molecular formula is C32H39F3N4O2. The quantitative estimate of drug-likeness (QED) is 0.353. The summed E-state index contributed by atoms with van der Waals surface area (Å²) in [6, 6.07) is 12.2. The molecule has 2 aromatic carbocycles. The van der Waals surface area contributed by atoms with Crippen molar-refractivity contribution in [2.24, 2.45) is 0 Å². The number of anilines is 1. The fourth-order valence-electron chi connectivity index (χ4n) is 6.27. The second-order valence-corrected chi connectivity index (χ2v) is 12.4. The summed E-state index contributed by atoms with van der Waals surface area (Å²) in [5, 5.41) is 3.81. The molecule has 1 fully saturated rings. The zero-order valence-corrected chi connectivity index (χ0v) is 24.1. The molecule has 3 aromatic rings. The smallest absolute Gasteiger partial charge is 0.398 e. The van der Waals surface area contributed by atoms with Crippen molar-refractivity contribution in [2.75, 3.05) is 12.3 Å². The number of nitrogen functional groups attached to an aromatic ring is 1. The minimum absolute atomic E-state index is 0.0182. The van der Waals surface area contributed by atoms with Gasteiger partial charge in [0.2, 0.25) is 0 Å². The number of halogens is 3. The molecule has 2 heterocycles. The van der Waals surface area contributed by atoms with Gasteiger partial charge in [0.25, 0.3) is 5.91 Å². The number of nitrogens with one attached hydrogen (secondary N) is 1. The first-order valence-electron chi connectivity index (χ1n) is 14.4. The van der Waals surface area contributed by atoms with Crippen molar-refractivity contribution in [3.8, 4) is 0 Å². The van der Waals surface area contributed by atoms with E-state index in [0.717, 1.165) is 62.4 Å². The molecule has 0 radical (unpaired) electrons. The summed E-state index contributed by atoms with van der Waals surface area (Å²) in [7, 11) is 0. The Hall–Kier alpha value is -3.17. The third-order valence-corrected chi connectivity index (χ3v) is 8.24. The minimum Gasteiger partial charge on any atom is -0.398 e. The normalized spacial score (nSPS) is 21.0. The fraction of sp³-hybridized carbons (Fsp3) is 0.500. The zero-order chi connectivity index (χ0) is 29.5. The van der Waals surface area contributed by atoms with Gasteiger partial charge in [-0.15, -0.1) is 0 Å². The lowest BCUT2D eigenvalue weighted by atomic mass is 9.80. The van der Waals surface area contributed by atoms with E-state index in [-0.39, 0.29) is 40.9 Å². The molecule has 1 saturated carbocycles. The molecule has 41 heavy (non-hydrogen) atoms. The Balaban J connectivity index is 1.22. The van der Waals surface area contributed by atoms with E-state index in [1.54, 1.807) is 12.1 Å². The maximum absolute atomic E-state index is 13.2. The number of aromatic nitrogens is 1. The van der Waals surface area contributed by atoms with Gasteiger partial charge in [-0.1, -0.05) is 18.2 Å². The van der Waals surface area contributed by atoms with Crippen LogP contribution in [0.15, 0.2) is 42.5 Å². The molecule has 3 N–H and O–H groups in total. The van der Waals surface area contributed by atoms with E-state index in [2.05, 4.69) is 49.0 Å². The topological polar surface area (TPSA) is 80.5 Å². The van der Waals surface area contributed by atoms with E-state index >= 15 is 0 Å². The molecule has 6 nitrogen and oxygen atoms in total. The molecule has 1 aromatic heterocycles. The van der Waals surface area contributed by atoms with Crippen molar-refractivity contribution in [1.82, 2.24) is 15.2 Å². The highest BCUT2D eigenvalue weighted by Gasteiger charge is 2.34. The third-order valence-electron chi connectivity index (χ3n) is 8.24. The maximum atomic E-state index is 13.2. The Morgan fingerprint density at radius 1 is 1.07 bits per heavy atom. The molecule has 1 aliphatic heterocycles. The summed E-state index contributed by atoms with van der Waals surface area (Å²) >= 11 is 0. The number of hydrogen-bond donors (Lipinski definition) is 2. The number of ether oxygens (including phenoxy) is 1. The van der Waals surface area contributed by atoms with Crippen LogP contribution < -0.4 is 11.1 Å². The molecular weight excluding hydrogens is 529 g/mol. The Morgan fingerprint density at radius 3 is 2.49 bits per heavy atom. The number of fused-ring (bicyclic) bond motifs is 2. The van der Waals surface area contributed by atoms with Crippen LogP contribution in [0.3, 0.4) is 0 Å². The SMILES string of the molecule is CC(OC(C)(C)C)N1CCc2ccc(C(=O)NC3CCC(c4cccc5nc(C(F)(F)F)cc(N)c45)CC3)cc2C1. The number of alkyl halides is 3. The second kappa shape index (κ2) is 11.2. The van der Waals surface area contributed by atoms with Crippen LogP contribution in [0, 0.1) is 0 Å². The molecule has 5 rings (SSSR count). The van der Waals surface area contributed by atoms with Gasteiger partial charge in [0.05, 0.1) is 11.1 Å². The van der Waals surface area contributed by atoms with Crippen LogP contribution in [0.5, 0.6) is 0 Å². The fourth-order valence-corrected chi connectivity index (χ4v) is 6.27. The number of nitrogens with zero attached hydrogens (tertiary/aromatic N) is 2. The van der Waals surface area contributed by atoms with Gasteiger partial charge in [-0.05, 0) is 107 Å². The molecule has 1 unspecified atom stereocenters. The van der Waals surface area contributed by atoms with Crippen molar-refractivity contribution < 1.29 is 22.7 Å². The Labute approximate surface area is 239 Å². The van der Waals surface area contributed by atoms with E-state index in [1.165, 1.54) is 5.56 Å². The summed E-state index contributed by atoms with van der Waals surface area (Å²) in [5.41, 5.74) is 9.28. The maximum Gasteiger partial charge on any atom is 0.433 e. The van der Waals surface area contributed by atoms with Crippen molar-refractivity contribution in [2.45, 2.75) is 96.3 Å². The number of carbonyl (C=O) groups is 1. The van der Waals surface area contributed by atoms with Crippen LogP contribution in [-0.4, -0.2) is 40.2 Å². The van der Waals surface area contributed by atoms with Gasteiger partial charge in [0, 0.05) is 35.8 Å². The van der Waals surface area contributed by atoms with E-state index in [9.17, 15) is 18.0 Å². The zero-order valence-electron chi connectivity index (χ0n) is 24.1. The Kier molecular flexibility index (Phi) is 8.05. The van der Waals surface area contributed by atoms with Crippen LogP contribution >= 0.6 is 0 Å². The lowest BCUT2D eigenvalue weighted by Gasteiger charge is -2.37. The Morgan fingerprint density at radius 2 is 1.80 bits per heavy atom. The van der Waals surface area contributed by atoms with Gasteiger partial charge >= 0.3 is 6.18 Å². The highest BCUT2D eigenvalue weighted by molar-refractivity contribution is 5.95. The molecule has 0 saturated heterocycles. The first kappa shape index (κ1) is 29.3. The van der Waals surface area contributed by atoms with Crippen LogP contribution in [0.25, 0.3) is 10.9 Å². The van der Waals surface area contributed by atoms with Gasteiger partial charge < -0.3 is 15.8 Å². The average Bonchev–Trinajstić information content (AvgIpc) is 2.91. The number of pyridine rings is 1. The summed E-state index contributed by atoms with van der Waals surface area (Å²) in [4.78, 5) is 19.4. The lowest BCUT2D eigenvalue weighted by Crippen LogP contribution is -2.42. The minimum atomic E-state index is -4.55. The first-order chi connectivity index (χ1) is 19.3. The van der Waals surface area contributed by atoms with Crippen molar-refractivity contribution in [3.63, 3.8) is 0 Å². The van der Waals surface area contributed by atoms with Crippen LogP contribution in [0.2, 0.25) is 0 Å². The first-order valence-corrected chi connectivity index (χ1v) is 14.4. The van der Waals surface area contributed by atoms with Gasteiger partial charge in [-0.3, -0.25) is 9.69 Å². The van der Waals surface area contributed by atoms with E-state index < -0.39 is 11.9 Å². The van der Waals surface area contributed by atoms with Gasteiger partial charge in [0.15, 0.2) is 0 Å². The van der Waals surface area contributed by atoms with E-state index in [0.29, 0.717) is 10.9 Å². The van der Waals surface area contributed by atoms with E-state index in [4.69, 9.17) is 10.5 Å². The van der Waals surface area contributed by atoms with Crippen LogP contribution in [0.1, 0.15) is 92.0 Å². The molecule has 0 bridgehead atoms. The van der Waals surface area contributed by atoms with Crippen molar-refractivity contribution in [1.29, 1.82) is 0 Å². The summed E-state index contributed by atoms with van der Waals surface area (Å²) < 4.78 is 45.9. The molecule has 1 amide bonds. The third kappa shape index (κ3) is 6.67. The number of hydrogen-bond acceptors (Lipinski definition) is 5. The van der Waals surface area contributed by atoms with Gasteiger partial charge in [0.1, 0.15) is 11.9 Å². The molecule has 1 aliphatic carbocycles. The summed E-state index contributed by atoms with van der Waals surface area (Å²) in [5.74, 6) is 0.0605. The largest absolute Gasteiger partial charge is 0.433 e. The summed E-state index contributed by atoms with van der Waals surface area (Å²) in [6.07, 6.45) is -0.488. The number of amides is 1. The highest BCUT2D eigenvalue weighted by atomic mass is 19.4. The average molecular weight is 569 g/mol. The predicted molar refractivity (Wildman–Crippen MR) is 154 cm³/mol. The van der Waals surface area contributed by atoms with Crippen molar-refractivity contribution >= 4 is 22.5 Å².